The van der Waals surface area contributed by atoms with Gasteiger partial charge in [-0.05, 0) is 54.6 Å². The van der Waals surface area contributed by atoms with E-state index in [9.17, 15) is 5.26 Å². The van der Waals surface area contributed by atoms with E-state index < -0.39 is 0 Å². The molecular weight excluding hydrogens is 663 g/mol. The molecule has 0 aliphatic rings. The lowest BCUT2D eigenvalue weighted by Crippen LogP contribution is -2.00. The largest absolute Gasteiger partial charge is 0.454 e. The molecule has 0 radical (unpaired) electrons. The monoisotopic (exact) mass is 689 g/mol. The van der Waals surface area contributed by atoms with Gasteiger partial charge in [0.2, 0.25) is 0 Å². The Balaban J connectivity index is 1.12. The van der Waals surface area contributed by atoms with Crippen molar-refractivity contribution in [3.05, 3.63) is 169 Å². The summed E-state index contributed by atoms with van der Waals surface area (Å²) in [6.45, 7) is 0. The molecule has 0 fully saturated rings. The van der Waals surface area contributed by atoms with Gasteiger partial charge in [0.1, 0.15) is 11.2 Å². The predicted molar refractivity (Wildman–Crippen MR) is 220 cm³/mol. The topological polar surface area (TPSA) is 59.9 Å². The summed E-state index contributed by atoms with van der Waals surface area (Å²) in [6.07, 6.45) is 0. The van der Waals surface area contributed by atoms with E-state index in [-0.39, 0.29) is 0 Å². The Kier molecular flexibility index (Phi) is 5.78. The highest BCUT2D eigenvalue weighted by atomic mass is 16.3. The number of hydrogen-bond acceptors (Lipinski definition) is 3. The van der Waals surface area contributed by atoms with Crippen molar-refractivity contribution in [2.45, 2.75) is 0 Å². The Hall–Kier alpha value is -7.55. The first-order valence-corrected chi connectivity index (χ1v) is 18.1. The molecule has 0 unspecified atom stereocenters. The predicted octanol–water partition coefficient (Wildman–Crippen LogP) is 13.2. The molecule has 4 heterocycles. The molecule has 0 saturated carbocycles. The van der Waals surface area contributed by atoms with E-state index in [2.05, 4.69) is 137 Å². The van der Waals surface area contributed by atoms with Crippen LogP contribution in [0, 0.1) is 11.3 Å². The van der Waals surface area contributed by atoms with Crippen LogP contribution in [-0.4, -0.2) is 9.13 Å². The van der Waals surface area contributed by atoms with Gasteiger partial charge >= 0.3 is 0 Å². The average Bonchev–Trinajstić information content (AvgIpc) is 3.98. The molecule has 0 N–H and O–H groups in total. The summed E-state index contributed by atoms with van der Waals surface area (Å²) in [4.78, 5) is 0. The minimum atomic E-state index is 0.581. The van der Waals surface area contributed by atoms with E-state index in [1.54, 1.807) is 0 Å². The zero-order valence-corrected chi connectivity index (χ0v) is 28.7. The molecule has 0 spiro atoms. The first-order chi connectivity index (χ1) is 26.8. The van der Waals surface area contributed by atoms with Gasteiger partial charge in [-0.3, -0.25) is 0 Å². The van der Waals surface area contributed by atoms with Crippen LogP contribution < -0.4 is 0 Å². The van der Waals surface area contributed by atoms with Gasteiger partial charge in [0.15, 0.2) is 11.2 Å². The standard InChI is InChI=1S/C49H27N3O2/c50-28-29-27-30(51-41-16-6-2-12-33(41)37-23-25-39-35-14-4-9-19-44(35)53-48(39)46(37)51)21-22-31(29)32-11-1-7-17-42(32)52-43-18-8-3-13-34(43)38-24-26-40-36-15-5-10-20-45(36)54-49(40)47(38)52/h1-27H. The van der Waals surface area contributed by atoms with Crippen molar-refractivity contribution in [2.24, 2.45) is 0 Å². The minimum absolute atomic E-state index is 0.581. The second kappa shape index (κ2) is 10.7. The van der Waals surface area contributed by atoms with Crippen LogP contribution >= 0.6 is 0 Å². The molecule has 0 saturated heterocycles. The van der Waals surface area contributed by atoms with Crippen molar-refractivity contribution in [1.82, 2.24) is 9.13 Å². The maximum Gasteiger partial charge on any atom is 0.160 e. The number of nitriles is 1. The second-order valence-electron chi connectivity index (χ2n) is 13.9. The number of aromatic nitrogens is 2. The van der Waals surface area contributed by atoms with E-state index in [1.165, 1.54) is 0 Å². The summed E-state index contributed by atoms with van der Waals surface area (Å²) in [7, 11) is 0. The number of rotatable bonds is 3. The van der Waals surface area contributed by atoms with Crippen LogP contribution in [0.3, 0.4) is 0 Å². The summed E-state index contributed by atoms with van der Waals surface area (Å²) in [6, 6.07) is 59.2. The Bertz CT molecular complexity index is 3590. The van der Waals surface area contributed by atoms with Crippen molar-refractivity contribution in [3.8, 4) is 28.6 Å². The third kappa shape index (κ3) is 3.81. The molecule has 250 valence electrons. The van der Waals surface area contributed by atoms with Crippen LogP contribution in [0.15, 0.2) is 173 Å². The number of hydrogen-bond donors (Lipinski definition) is 0. The van der Waals surface area contributed by atoms with Gasteiger partial charge in [0.25, 0.3) is 0 Å². The number of furan rings is 2. The van der Waals surface area contributed by atoms with E-state index in [4.69, 9.17) is 8.83 Å². The van der Waals surface area contributed by atoms with Crippen LogP contribution in [0.25, 0.3) is 110 Å². The summed E-state index contributed by atoms with van der Waals surface area (Å²) in [5, 5.41) is 19.7. The molecule has 5 nitrogen and oxygen atoms in total. The lowest BCUT2D eigenvalue weighted by Gasteiger charge is -2.16. The fraction of sp³-hybridized carbons (Fsp3) is 0. The van der Waals surface area contributed by atoms with E-state index in [1.807, 2.05) is 42.5 Å². The Labute approximate surface area is 307 Å². The van der Waals surface area contributed by atoms with Crippen molar-refractivity contribution in [3.63, 3.8) is 0 Å². The van der Waals surface area contributed by atoms with Crippen molar-refractivity contribution in [1.29, 1.82) is 5.26 Å². The van der Waals surface area contributed by atoms with Gasteiger partial charge < -0.3 is 18.0 Å². The highest BCUT2D eigenvalue weighted by Crippen LogP contribution is 2.44. The van der Waals surface area contributed by atoms with Crippen LogP contribution in [0.1, 0.15) is 5.56 Å². The normalized spacial score (nSPS) is 12.1. The average molecular weight is 690 g/mol. The molecule has 4 aromatic heterocycles. The third-order valence-electron chi connectivity index (χ3n) is 11.2. The van der Waals surface area contributed by atoms with E-state index in [0.717, 1.165) is 110 Å². The van der Waals surface area contributed by atoms with Crippen LogP contribution in [-0.2, 0) is 0 Å². The van der Waals surface area contributed by atoms with Crippen molar-refractivity contribution < 1.29 is 8.83 Å². The molecule has 0 amide bonds. The highest BCUT2D eigenvalue weighted by molar-refractivity contribution is 6.23. The lowest BCUT2D eigenvalue weighted by molar-refractivity contribution is 0.670. The fourth-order valence-electron chi connectivity index (χ4n) is 8.88. The highest BCUT2D eigenvalue weighted by Gasteiger charge is 2.23. The van der Waals surface area contributed by atoms with Gasteiger partial charge in [0, 0.05) is 59.9 Å². The lowest BCUT2D eigenvalue weighted by atomic mass is 9.97. The SMILES string of the molecule is N#Cc1cc(-n2c3ccccc3c3ccc4c5ccccc5oc4c32)ccc1-c1ccccc1-n1c2ccccc2c2ccc3c4ccccc4oc3c21. The van der Waals surface area contributed by atoms with Gasteiger partial charge in [-0.1, -0.05) is 109 Å². The summed E-state index contributed by atoms with van der Waals surface area (Å²) in [5.41, 5.74) is 11.8. The third-order valence-corrected chi connectivity index (χ3v) is 11.2. The first-order valence-electron chi connectivity index (χ1n) is 18.1. The van der Waals surface area contributed by atoms with Crippen molar-refractivity contribution >= 4 is 87.5 Å². The first kappa shape index (κ1) is 29.1. The molecule has 8 aromatic carbocycles. The number of benzene rings is 8. The fourth-order valence-corrected chi connectivity index (χ4v) is 8.88. The van der Waals surface area contributed by atoms with Gasteiger partial charge in [-0.2, -0.15) is 5.26 Å². The smallest absolute Gasteiger partial charge is 0.160 e. The molecule has 5 heteroatoms. The van der Waals surface area contributed by atoms with E-state index >= 15 is 0 Å². The maximum absolute atomic E-state index is 10.9. The van der Waals surface area contributed by atoms with Crippen molar-refractivity contribution in [2.75, 3.05) is 0 Å². The number of fused-ring (bicyclic) bond motifs is 14. The van der Waals surface area contributed by atoms with Gasteiger partial charge in [0.05, 0.1) is 39.4 Å². The quantitative estimate of drug-likeness (QED) is 0.185. The zero-order valence-electron chi connectivity index (χ0n) is 28.7. The zero-order chi connectivity index (χ0) is 35.5. The summed E-state index contributed by atoms with van der Waals surface area (Å²) in [5.74, 6) is 0. The molecule has 0 atom stereocenters. The molecule has 0 aliphatic carbocycles. The van der Waals surface area contributed by atoms with E-state index in [0.29, 0.717) is 5.56 Å². The molecule has 54 heavy (non-hydrogen) atoms. The molecular formula is C49H27N3O2. The van der Waals surface area contributed by atoms with Gasteiger partial charge in [-0.25, -0.2) is 0 Å². The molecule has 12 rings (SSSR count). The second-order valence-corrected chi connectivity index (χ2v) is 13.9. The van der Waals surface area contributed by atoms with Crippen LogP contribution in [0.4, 0.5) is 0 Å². The van der Waals surface area contributed by atoms with Gasteiger partial charge in [-0.15, -0.1) is 0 Å². The summed E-state index contributed by atoms with van der Waals surface area (Å²) >= 11 is 0. The van der Waals surface area contributed by atoms with Crippen LogP contribution in [0.5, 0.6) is 0 Å². The maximum atomic E-state index is 10.9. The number of para-hydroxylation sites is 5. The Morgan fingerprint density at radius 3 is 1.54 bits per heavy atom. The number of nitrogens with zero attached hydrogens (tertiary/aromatic N) is 3. The Morgan fingerprint density at radius 1 is 0.407 bits per heavy atom. The summed E-state index contributed by atoms with van der Waals surface area (Å²) < 4.78 is 17.8. The minimum Gasteiger partial charge on any atom is -0.454 e. The molecule has 0 aliphatic heterocycles. The Morgan fingerprint density at radius 2 is 0.907 bits per heavy atom. The molecule has 12 aromatic rings. The van der Waals surface area contributed by atoms with Crippen LogP contribution in [0.2, 0.25) is 0 Å². The molecule has 0 bridgehead atoms.